The smallest absolute Gasteiger partial charge is 0.0493 e. The molecule has 1 aliphatic rings. The molecule has 2 heterocycles. The fourth-order valence-electron chi connectivity index (χ4n) is 5.13. The molecule has 1 N–H and O–H groups in total. The number of rotatable bonds is 7. The van der Waals surface area contributed by atoms with Gasteiger partial charge < -0.3 is 9.88 Å². The molecule has 1 aliphatic heterocycles. The number of likely N-dealkylation sites (tertiary alicyclic amines) is 1. The number of nitrogens with zero attached hydrogens (tertiary/aromatic N) is 2. The minimum absolute atomic E-state index is 0.555. The largest absolute Gasteiger partial charge is 0.340 e. The Labute approximate surface area is 212 Å². The van der Waals surface area contributed by atoms with E-state index in [-0.39, 0.29) is 0 Å². The average Bonchev–Trinajstić information content (AvgIpc) is 3.11. The van der Waals surface area contributed by atoms with E-state index in [4.69, 9.17) is 23.2 Å². The third-order valence-electron chi connectivity index (χ3n) is 7.11. The Hall–Kier alpha value is -2.30. The summed E-state index contributed by atoms with van der Waals surface area (Å²) in [7, 11) is 0. The van der Waals surface area contributed by atoms with Crippen molar-refractivity contribution >= 4 is 34.1 Å². The fraction of sp³-hybridized carbons (Fsp3) is 0.310. The molecule has 0 aliphatic carbocycles. The highest BCUT2D eigenvalue weighted by atomic mass is 35.5. The Balaban J connectivity index is 1.27. The highest BCUT2D eigenvalue weighted by Gasteiger charge is 2.21. The number of halogens is 2. The number of para-hydroxylation sites is 1. The zero-order chi connectivity index (χ0) is 23.5. The van der Waals surface area contributed by atoms with Gasteiger partial charge in [0.05, 0.1) is 0 Å². The van der Waals surface area contributed by atoms with Gasteiger partial charge in [0.25, 0.3) is 0 Å². The van der Waals surface area contributed by atoms with Crippen molar-refractivity contribution in [2.24, 2.45) is 0 Å². The van der Waals surface area contributed by atoms with Gasteiger partial charge in [0.1, 0.15) is 0 Å². The van der Waals surface area contributed by atoms with E-state index < -0.39 is 0 Å². The summed E-state index contributed by atoms with van der Waals surface area (Å²) in [5.41, 5.74) is 6.41. The number of piperidine rings is 1. The summed E-state index contributed by atoms with van der Waals surface area (Å²) in [5, 5.41) is 6.57. The van der Waals surface area contributed by atoms with Gasteiger partial charge in [-0.2, -0.15) is 0 Å². The second-order valence-electron chi connectivity index (χ2n) is 9.32. The maximum atomic E-state index is 6.50. The highest BCUT2D eigenvalue weighted by Crippen LogP contribution is 2.29. The van der Waals surface area contributed by atoms with Crippen molar-refractivity contribution in [1.29, 1.82) is 0 Å². The predicted octanol–water partition coefficient (Wildman–Crippen LogP) is 7.06. The summed E-state index contributed by atoms with van der Waals surface area (Å²) >= 11 is 12.6. The number of benzene rings is 3. The van der Waals surface area contributed by atoms with Crippen LogP contribution in [0.4, 0.5) is 0 Å². The first-order chi connectivity index (χ1) is 16.6. The van der Waals surface area contributed by atoms with E-state index >= 15 is 0 Å². The van der Waals surface area contributed by atoms with Crippen LogP contribution in [-0.4, -0.2) is 28.6 Å². The topological polar surface area (TPSA) is 20.2 Å². The van der Waals surface area contributed by atoms with Gasteiger partial charge >= 0.3 is 0 Å². The van der Waals surface area contributed by atoms with E-state index in [9.17, 15) is 0 Å². The summed E-state index contributed by atoms with van der Waals surface area (Å²) in [6, 6.07) is 25.8. The lowest BCUT2D eigenvalue weighted by Crippen LogP contribution is -2.41. The maximum Gasteiger partial charge on any atom is 0.0493 e. The molecule has 1 saturated heterocycles. The molecule has 1 aromatic heterocycles. The van der Waals surface area contributed by atoms with Crippen molar-refractivity contribution in [2.75, 3.05) is 13.1 Å². The van der Waals surface area contributed by atoms with Crippen molar-refractivity contribution in [3.63, 3.8) is 0 Å². The molecular weight excluding hydrogens is 461 g/mol. The molecule has 0 bridgehead atoms. The van der Waals surface area contributed by atoms with E-state index in [0.29, 0.717) is 16.1 Å². The van der Waals surface area contributed by atoms with Crippen LogP contribution in [0.2, 0.25) is 10.0 Å². The number of fused-ring (bicyclic) bond motifs is 1. The molecule has 0 amide bonds. The summed E-state index contributed by atoms with van der Waals surface area (Å²) in [6.07, 6.45) is 2.37. The number of aromatic nitrogens is 1. The molecule has 0 unspecified atom stereocenters. The van der Waals surface area contributed by atoms with Gasteiger partial charge in [0.15, 0.2) is 0 Å². The SMILES string of the molecule is Cc1c(CNC2CCN(Cc3ccccc3)CC2)c2ccccc2n1Cc1ccc(Cl)cc1Cl. The van der Waals surface area contributed by atoms with E-state index in [1.54, 1.807) is 0 Å². The van der Waals surface area contributed by atoms with Crippen LogP contribution >= 0.6 is 23.2 Å². The van der Waals surface area contributed by atoms with Gasteiger partial charge in [-0.25, -0.2) is 0 Å². The van der Waals surface area contributed by atoms with Crippen LogP contribution in [0.3, 0.4) is 0 Å². The van der Waals surface area contributed by atoms with Gasteiger partial charge in [-0.05, 0) is 67.7 Å². The monoisotopic (exact) mass is 491 g/mol. The molecule has 3 aromatic carbocycles. The average molecular weight is 492 g/mol. The molecule has 0 atom stereocenters. The molecular formula is C29H31Cl2N3. The Morgan fingerprint density at radius 1 is 0.882 bits per heavy atom. The minimum Gasteiger partial charge on any atom is -0.340 e. The van der Waals surface area contributed by atoms with Gasteiger partial charge in [-0.15, -0.1) is 0 Å². The molecule has 0 spiro atoms. The van der Waals surface area contributed by atoms with E-state index in [1.165, 1.54) is 40.6 Å². The van der Waals surface area contributed by atoms with Crippen LogP contribution in [0.25, 0.3) is 10.9 Å². The standard InChI is InChI=1S/C29H31Cl2N3/c1-21-27(18-32-25-13-15-33(16-14-25)19-22-7-3-2-4-8-22)26-9-5-6-10-29(26)34(21)20-23-11-12-24(30)17-28(23)31/h2-12,17,25,32H,13-16,18-20H2,1H3. The first kappa shape index (κ1) is 23.4. The molecule has 34 heavy (non-hydrogen) atoms. The van der Waals surface area contributed by atoms with E-state index in [2.05, 4.69) is 76.3 Å². The number of hydrogen-bond donors (Lipinski definition) is 1. The quantitative estimate of drug-likeness (QED) is 0.298. The van der Waals surface area contributed by atoms with Crippen molar-refractivity contribution < 1.29 is 0 Å². The summed E-state index contributed by atoms with van der Waals surface area (Å²) in [5.74, 6) is 0. The summed E-state index contributed by atoms with van der Waals surface area (Å²) in [6.45, 7) is 7.18. The first-order valence-corrected chi connectivity index (χ1v) is 12.8. The zero-order valence-corrected chi connectivity index (χ0v) is 21.1. The van der Waals surface area contributed by atoms with Crippen LogP contribution in [0.5, 0.6) is 0 Å². The predicted molar refractivity (Wildman–Crippen MR) is 144 cm³/mol. The van der Waals surface area contributed by atoms with Crippen LogP contribution in [0.1, 0.15) is 35.2 Å². The van der Waals surface area contributed by atoms with Gasteiger partial charge in [-0.1, -0.05) is 77.8 Å². The van der Waals surface area contributed by atoms with E-state index in [0.717, 1.165) is 38.3 Å². The van der Waals surface area contributed by atoms with Crippen molar-refractivity contribution in [1.82, 2.24) is 14.8 Å². The minimum atomic E-state index is 0.555. The second-order valence-corrected chi connectivity index (χ2v) is 10.2. The Kier molecular flexibility index (Phi) is 7.26. The van der Waals surface area contributed by atoms with Gasteiger partial charge in [-0.3, -0.25) is 4.90 Å². The Bertz CT molecular complexity index is 1260. The van der Waals surface area contributed by atoms with Gasteiger partial charge in [0.2, 0.25) is 0 Å². The van der Waals surface area contributed by atoms with Crippen molar-refractivity contribution in [3.8, 4) is 0 Å². The molecule has 1 fully saturated rings. The molecule has 5 rings (SSSR count). The van der Waals surface area contributed by atoms with E-state index in [1.807, 2.05) is 18.2 Å². The maximum absolute atomic E-state index is 6.50. The summed E-state index contributed by atoms with van der Waals surface area (Å²) in [4.78, 5) is 2.57. The second kappa shape index (κ2) is 10.5. The molecule has 0 saturated carbocycles. The highest BCUT2D eigenvalue weighted by molar-refractivity contribution is 6.35. The summed E-state index contributed by atoms with van der Waals surface area (Å²) < 4.78 is 2.38. The van der Waals surface area contributed by atoms with Crippen LogP contribution in [0.15, 0.2) is 72.8 Å². The van der Waals surface area contributed by atoms with Crippen molar-refractivity contribution in [3.05, 3.63) is 105 Å². The lowest BCUT2D eigenvalue weighted by atomic mass is 10.0. The number of hydrogen-bond acceptors (Lipinski definition) is 2. The lowest BCUT2D eigenvalue weighted by Gasteiger charge is -2.32. The molecule has 5 heteroatoms. The fourth-order valence-corrected chi connectivity index (χ4v) is 5.60. The number of nitrogens with one attached hydrogen (secondary N) is 1. The third-order valence-corrected chi connectivity index (χ3v) is 7.70. The van der Waals surface area contributed by atoms with Crippen molar-refractivity contribution in [2.45, 2.75) is 45.4 Å². The Morgan fingerprint density at radius 3 is 2.38 bits per heavy atom. The molecule has 3 nitrogen and oxygen atoms in total. The van der Waals surface area contributed by atoms with Crippen LogP contribution in [0, 0.1) is 6.92 Å². The Morgan fingerprint density at radius 2 is 1.62 bits per heavy atom. The normalized spacial score (nSPS) is 15.3. The first-order valence-electron chi connectivity index (χ1n) is 12.1. The molecule has 4 aromatic rings. The third kappa shape index (κ3) is 5.18. The molecule has 176 valence electrons. The lowest BCUT2D eigenvalue weighted by molar-refractivity contribution is 0.190. The van der Waals surface area contributed by atoms with Gasteiger partial charge in [0, 0.05) is 52.3 Å². The van der Waals surface area contributed by atoms with Crippen LogP contribution < -0.4 is 5.32 Å². The molecule has 0 radical (unpaired) electrons. The van der Waals surface area contributed by atoms with Crippen LogP contribution in [-0.2, 0) is 19.6 Å². The zero-order valence-electron chi connectivity index (χ0n) is 19.6.